The van der Waals surface area contributed by atoms with Crippen molar-refractivity contribution in [2.75, 3.05) is 37.6 Å². The smallest absolute Gasteiger partial charge is 0.185 e. The van der Waals surface area contributed by atoms with Gasteiger partial charge in [-0.15, -0.1) is 17.9 Å². The van der Waals surface area contributed by atoms with E-state index >= 15 is 0 Å². The summed E-state index contributed by atoms with van der Waals surface area (Å²) in [5, 5.41) is 3.19. The first-order chi connectivity index (χ1) is 6.90. The molecule has 1 aliphatic heterocycles. The van der Waals surface area contributed by atoms with Crippen LogP contribution in [-0.2, 0) is 0 Å². The average Bonchev–Trinajstić information content (AvgIpc) is 2.72. The quantitative estimate of drug-likeness (QED) is 0.702. The van der Waals surface area contributed by atoms with E-state index in [2.05, 4.69) is 21.4 Å². The molecule has 4 heteroatoms. The first-order valence-electron chi connectivity index (χ1n) is 4.88. The van der Waals surface area contributed by atoms with Crippen LogP contribution in [0.5, 0.6) is 0 Å². The van der Waals surface area contributed by atoms with E-state index in [-0.39, 0.29) is 0 Å². The molecule has 1 aromatic rings. The summed E-state index contributed by atoms with van der Waals surface area (Å²) in [6, 6.07) is 0. The number of hydrogen-bond acceptors (Lipinski definition) is 4. The van der Waals surface area contributed by atoms with Crippen molar-refractivity contribution in [3.63, 3.8) is 0 Å². The Morgan fingerprint density at radius 2 is 2.21 bits per heavy atom. The summed E-state index contributed by atoms with van der Waals surface area (Å²) >= 11 is 1.72. The van der Waals surface area contributed by atoms with Crippen molar-refractivity contribution in [2.45, 2.75) is 0 Å². The zero-order valence-electron chi connectivity index (χ0n) is 8.22. The Morgan fingerprint density at radius 1 is 1.43 bits per heavy atom. The van der Waals surface area contributed by atoms with Gasteiger partial charge in [0.2, 0.25) is 0 Å². The van der Waals surface area contributed by atoms with Gasteiger partial charge >= 0.3 is 0 Å². The number of nitrogens with zero attached hydrogens (tertiary/aromatic N) is 3. The summed E-state index contributed by atoms with van der Waals surface area (Å²) in [5.41, 5.74) is 0. The van der Waals surface area contributed by atoms with E-state index in [9.17, 15) is 0 Å². The van der Waals surface area contributed by atoms with Gasteiger partial charge in [0.25, 0.3) is 0 Å². The van der Waals surface area contributed by atoms with Gasteiger partial charge in [-0.05, 0) is 0 Å². The molecule has 0 aromatic carbocycles. The summed E-state index contributed by atoms with van der Waals surface area (Å²) < 4.78 is 0. The maximum absolute atomic E-state index is 4.32. The minimum atomic E-state index is 1.01. The molecular weight excluding hydrogens is 194 g/mol. The Balaban J connectivity index is 1.87. The first-order valence-corrected chi connectivity index (χ1v) is 5.76. The summed E-state index contributed by atoms with van der Waals surface area (Å²) in [7, 11) is 0. The lowest BCUT2D eigenvalue weighted by Gasteiger charge is -2.33. The fourth-order valence-corrected chi connectivity index (χ4v) is 2.37. The molecule has 1 fully saturated rings. The van der Waals surface area contributed by atoms with Crippen molar-refractivity contribution in [2.24, 2.45) is 0 Å². The third-order valence-electron chi connectivity index (χ3n) is 2.45. The summed E-state index contributed by atoms with van der Waals surface area (Å²) in [5.74, 6) is 0. The van der Waals surface area contributed by atoms with Gasteiger partial charge in [-0.25, -0.2) is 4.98 Å². The number of piperazine rings is 1. The molecule has 1 aromatic heterocycles. The van der Waals surface area contributed by atoms with Crippen molar-refractivity contribution < 1.29 is 0 Å². The first kappa shape index (κ1) is 9.68. The fraction of sp³-hybridized carbons (Fsp3) is 0.500. The SMILES string of the molecule is C=CCN1CCN(c2nccs2)CC1. The molecule has 1 saturated heterocycles. The molecule has 2 rings (SSSR count). The van der Waals surface area contributed by atoms with Gasteiger partial charge in [-0.1, -0.05) is 6.08 Å². The molecule has 0 unspecified atom stereocenters. The highest BCUT2D eigenvalue weighted by Gasteiger charge is 2.17. The van der Waals surface area contributed by atoms with Gasteiger partial charge in [0.05, 0.1) is 0 Å². The fourth-order valence-electron chi connectivity index (χ4n) is 1.68. The number of rotatable bonds is 3. The predicted octanol–water partition coefficient (Wildman–Crippen LogP) is 1.45. The minimum Gasteiger partial charge on any atom is -0.346 e. The topological polar surface area (TPSA) is 19.4 Å². The minimum absolute atomic E-state index is 1.01. The van der Waals surface area contributed by atoms with Gasteiger partial charge in [0.1, 0.15) is 0 Å². The Labute approximate surface area is 88.7 Å². The Kier molecular flexibility index (Phi) is 3.16. The van der Waals surface area contributed by atoms with Gasteiger partial charge in [0, 0.05) is 44.3 Å². The number of hydrogen-bond donors (Lipinski definition) is 0. The highest BCUT2D eigenvalue weighted by atomic mass is 32.1. The molecule has 0 bridgehead atoms. The molecule has 0 atom stereocenters. The Morgan fingerprint density at radius 3 is 2.79 bits per heavy atom. The van der Waals surface area contributed by atoms with Crippen LogP contribution < -0.4 is 4.90 Å². The number of thiazole rings is 1. The molecule has 0 aliphatic carbocycles. The third-order valence-corrected chi connectivity index (χ3v) is 3.28. The van der Waals surface area contributed by atoms with Crippen LogP contribution in [0, 0.1) is 0 Å². The monoisotopic (exact) mass is 209 g/mol. The lowest BCUT2D eigenvalue weighted by Crippen LogP contribution is -2.46. The maximum atomic E-state index is 4.32. The Hall–Kier alpha value is -0.870. The van der Waals surface area contributed by atoms with Crippen LogP contribution in [0.4, 0.5) is 5.13 Å². The van der Waals surface area contributed by atoms with Crippen LogP contribution in [-0.4, -0.2) is 42.6 Å². The molecule has 0 saturated carbocycles. The zero-order valence-corrected chi connectivity index (χ0v) is 9.04. The van der Waals surface area contributed by atoms with E-state index in [0.717, 1.165) is 37.9 Å². The molecule has 3 nitrogen and oxygen atoms in total. The van der Waals surface area contributed by atoms with Crippen molar-refractivity contribution in [3.05, 3.63) is 24.2 Å². The van der Waals surface area contributed by atoms with E-state index < -0.39 is 0 Å². The molecule has 0 N–H and O–H groups in total. The summed E-state index contributed by atoms with van der Waals surface area (Å²) in [6.45, 7) is 9.17. The molecule has 76 valence electrons. The van der Waals surface area contributed by atoms with Crippen molar-refractivity contribution >= 4 is 16.5 Å². The third kappa shape index (κ3) is 2.13. The van der Waals surface area contributed by atoms with Crippen LogP contribution in [0.15, 0.2) is 24.2 Å². The lowest BCUT2D eigenvalue weighted by molar-refractivity contribution is 0.284. The van der Waals surface area contributed by atoms with E-state index in [0.29, 0.717) is 0 Å². The van der Waals surface area contributed by atoms with Crippen LogP contribution in [0.1, 0.15) is 0 Å². The van der Waals surface area contributed by atoms with Gasteiger partial charge in [-0.2, -0.15) is 0 Å². The van der Waals surface area contributed by atoms with Gasteiger partial charge in [-0.3, -0.25) is 4.90 Å². The van der Waals surface area contributed by atoms with Crippen molar-refractivity contribution in [1.82, 2.24) is 9.88 Å². The van der Waals surface area contributed by atoms with E-state index in [1.165, 1.54) is 0 Å². The average molecular weight is 209 g/mol. The van der Waals surface area contributed by atoms with Gasteiger partial charge in [0.15, 0.2) is 5.13 Å². The largest absolute Gasteiger partial charge is 0.346 e. The van der Waals surface area contributed by atoms with Crippen LogP contribution in [0.3, 0.4) is 0 Å². The molecule has 0 radical (unpaired) electrons. The van der Waals surface area contributed by atoms with E-state index in [4.69, 9.17) is 0 Å². The number of aromatic nitrogens is 1. The number of anilines is 1. The predicted molar refractivity (Wildman–Crippen MR) is 61.0 cm³/mol. The normalized spacial score (nSPS) is 18.4. The Bertz CT molecular complexity index is 276. The second-order valence-corrected chi connectivity index (χ2v) is 4.26. The van der Waals surface area contributed by atoms with Crippen LogP contribution >= 0.6 is 11.3 Å². The second-order valence-electron chi connectivity index (χ2n) is 3.39. The van der Waals surface area contributed by atoms with Crippen molar-refractivity contribution in [1.29, 1.82) is 0 Å². The maximum Gasteiger partial charge on any atom is 0.185 e. The standard InChI is InChI=1S/C10H15N3S/c1-2-4-12-5-7-13(8-6-12)10-11-3-9-14-10/h2-3,9H,1,4-8H2. The second kappa shape index (κ2) is 4.57. The van der Waals surface area contributed by atoms with Crippen LogP contribution in [0.2, 0.25) is 0 Å². The van der Waals surface area contributed by atoms with Gasteiger partial charge < -0.3 is 4.90 Å². The molecule has 2 heterocycles. The molecule has 0 amide bonds. The molecule has 1 aliphatic rings. The van der Waals surface area contributed by atoms with Crippen LogP contribution in [0.25, 0.3) is 0 Å². The van der Waals surface area contributed by atoms with E-state index in [1.54, 1.807) is 11.3 Å². The summed E-state index contributed by atoms with van der Waals surface area (Å²) in [6.07, 6.45) is 3.84. The lowest BCUT2D eigenvalue weighted by atomic mass is 10.3. The summed E-state index contributed by atoms with van der Waals surface area (Å²) in [4.78, 5) is 9.08. The van der Waals surface area contributed by atoms with E-state index in [1.807, 2.05) is 17.7 Å². The molecule has 0 spiro atoms. The van der Waals surface area contributed by atoms with Crippen molar-refractivity contribution in [3.8, 4) is 0 Å². The molecule has 14 heavy (non-hydrogen) atoms. The highest BCUT2D eigenvalue weighted by Crippen LogP contribution is 2.18. The zero-order chi connectivity index (χ0) is 9.80. The molecular formula is C10H15N3S. The highest BCUT2D eigenvalue weighted by molar-refractivity contribution is 7.13.